The van der Waals surface area contributed by atoms with E-state index in [-0.39, 0.29) is 18.5 Å². The van der Waals surface area contributed by atoms with E-state index in [4.69, 9.17) is 14.2 Å². The standard InChI is InChI=1S/C30H36N4O5/c1-37-25-9-6-7-22(15-25)20-33-28(35)30(34(29(33)36)21-24-8-4-5-12-31-24)10-13-32(14-11-30)19-23-16-26(38-2)18-27(17-23)39-3/h4-9,15-18,31H,10-14,19-21H2,1-3H3. The molecule has 3 aliphatic heterocycles. The summed E-state index contributed by atoms with van der Waals surface area (Å²) in [5, 5.41) is 3.35. The van der Waals surface area contributed by atoms with Crippen LogP contribution in [0.25, 0.3) is 0 Å². The van der Waals surface area contributed by atoms with Crippen LogP contribution >= 0.6 is 0 Å². The Balaban J connectivity index is 1.37. The van der Waals surface area contributed by atoms with Crippen LogP contribution < -0.4 is 19.5 Å². The van der Waals surface area contributed by atoms with Crippen molar-refractivity contribution in [3.63, 3.8) is 0 Å². The Kier molecular flexibility index (Phi) is 7.79. The van der Waals surface area contributed by atoms with Crippen LogP contribution in [0.3, 0.4) is 0 Å². The van der Waals surface area contributed by atoms with E-state index in [1.807, 2.05) is 60.7 Å². The molecule has 2 aromatic rings. The van der Waals surface area contributed by atoms with E-state index < -0.39 is 5.54 Å². The number of piperidine rings is 1. The normalized spacial score (nSPS) is 18.8. The third-order valence-electron chi connectivity index (χ3n) is 7.81. The summed E-state index contributed by atoms with van der Waals surface area (Å²) in [6.07, 6.45) is 7.12. The average Bonchev–Trinajstić information content (AvgIpc) is 3.15. The summed E-state index contributed by atoms with van der Waals surface area (Å²) in [4.78, 5) is 33.4. The van der Waals surface area contributed by atoms with Gasteiger partial charge in [0.2, 0.25) is 0 Å². The Morgan fingerprint density at radius 3 is 2.18 bits per heavy atom. The van der Waals surface area contributed by atoms with E-state index in [9.17, 15) is 9.59 Å². The number of amides is 3. The molecule has 1 N–H and O–H groups in total. The number of hydrogen-bond donors (Lipinski definition) is 1. The number of ether oxygens (including phenoxy) is 3. The van der Waals surface area contributed by atoms with E-state index in [0.29, 0.717) is 51.3 Å². The highest BCUT2D eigenvalue weighted by molar-refractivity contribution is 6.07. The van der Waals surface area contributed by atoms with Gasteiger partial charge in [0.05, 0.1) is 34.4 Å². The minimum absolute atomic E-state index is 0.120. The third kappa shape index (κ3) is 5.45. The van der Waals surface area contributed by atoms with Crippen molar-refractivity contribution in [3.8, 4) is 17.2 Å². The number of hydrogen-bond acceptors (Lipinski definition) is 7. The van der Waals surface area contributed by atoms with Crippen molar-refractivity contribution >= 4 is 11.9 Å². The van der Waals surface area contributed by atoms with Gasteiger partial charge in [-0.3, -0.25) is 14.6 Å². The second-order valence-corrected chi connectivity index (χ2v) is 10.1. The maximum atomic E-state index is 14.1. The number of methoxy groups -OCH3 is 3. The van der Waals surface area contributed by atoms with E-state index in [2.05, 4.69) is 10.2 Å². The quantitative estimate of drug-likeness (QED) is 0.495. The smallest absolute Gasteiger partial charge is 0.328 e. The SMILES string of the molecule is COc1cccc(CN2C(=O)N(CC3=CC=CCN3)C3(CCN(Cc4cc(OC)cc(OC)c4)CC3)C2=O)c1. The Hall–Kier alpha value is -3.98. The molecule has 5 rings (SSSR count). The van der Waals surface area contributed by atoms with Crippen LogP contribution in [0, 0.1) is 0 Å². The van der Waals surface area contributed by atoms with Crippen molar-refractivity contribution < 1.29 is 23.8 Å². The van der Waals surface area contributed by atoms with Gasteiger partial charge in [0.1, 0.15) is 22.8 Å². The fourth-order valence-corrected chi connectivity index (χ4v) is 5.65. The van der Waals surface area contributed by atoms with Crippen LogP contribution in [0.1, 0.15) is 24.0 Å². The maximum absolute atomic E-state index is 14.1. The minimum atomic E-state index is -0.873. The van der Waals surface area contributed by atoms with Crippen LogP contribution in [0.2, 0.25) is 0 Å². The molecular formula is C30H36N4O5. The lowest BCUT2D eigenvalue weighted by Gasteiger charge is -2.42. The average molecular weight is 533 g/mol. The first-order valence-corrected chi connectivity index (χ1v) is 13.3. The number of benzene rings is 2. The van der Waals surface area contributed by atoms with Gasteiger partial charge in [-0.1, -0.05) is 24.3 Å². The molecule has 3 amide bonds. The monoisotopic (exact) mass is 532 g/mol. The Morgan fingerprint density at radius 1 is 0.846 bits per heavy atom. The third-order valence-corrected chi connectivity index (χ3v) is 7.81. The van der Waals surface area contributed by atoms with Crippen molar-refractivity contribution in [3.05, 3.63) is 77.5 Å². The predicted octanol–water partition coefficient (Wildman–Crippen LogP) is 3.55. The van der Waals surface area contributed by atoms with Gasteiger partial charge in [0.25, 0.3) is 5.91 Å². The molecule has 2 fully saturated rings. The van der Waals surface area contributed by atoms with Gasteiger partial charge in [-0.25, -0.2) is 4.79 Å². The first-order valence-electron chi connectivity index (χ1n) is 13.3. The first-order chi connectivity index (χ1) is 19.0. The van der Waals surface area contributed by atoms with Gasteiger partial charge in [-0.15, -0.1) is 0 Å². The van der Waals surface area contributed by atoms with Crippen LogP contribution in [0.4, 0.5) is 4.79 Å². The van der Waals surface area contributed by atoms with Crippen molar-refractivity contribution in [1.29, 1.82) is 0 Å². The topological polar surface area (TPSA) is 83.6 Å². The van der Waals surface area contributed by atoms with Gasteiger partial charge in [0.15, 0.2) is 0 Å². The van der Waals surface area contributed by atoms with Crippen LogP contribution in [0.15, 0.2) is 66.4 Å². The van der Waals surface area contributed by atoms with Gasteiger partial charge in [0, 0.05) is 37.9 Å². The zero-order chi connectivity index (χ0) is 27.4. The Labute approximate surface area is 229 Å². The zero-order valence-electron chi connectivity index (χ0n) is 22.8. The molecule has 0 aliphatic carbocycles. The first kappa shape index (κ1) is 26.6. The summed E-state index contributed by atoms with van der Waals surface area (Å²) >= 11 is 0. The largest absolute Gasteiger partial charge is 0.497 e. The second kappa shape index (κ2) is 11.4. The molecule has 0 saturated carbocycles. The summed E-state index contributed by atoms with van der Waals surface area (Å²) in [6, 6.07) is 13.1. The molecule has 206 valence electrons. The number of urea groups is 1. The predicted molar refractivity (Wildman–Crippen MR) is 148 cm³/mol. The number of nitrogens with one attached hydrogen (secondary N) is 1. The zero-order valence-corrected chi connectivity index (χ0v) is 22.8. The number of allylic oxidation sites excluding steroid dienone is 2. The highest BCUT2D eigenvalue weighted by atomic mass is 16.5. The Morgan fingerprint density at radius 2 is 1.54 bits per heavy atom. The lowest BCUT2D eigenvalue weighted by atomic mass is 9.85. The van der Waals surface area contributed by atoms with Gasteiger partial charge >= 0.3 is 6.03 Å². The lowest BCUT2D eigenvalue weighted by Crippen LogP contribution is -2.57. The molecule has 2 aromatic carbocycles. The molecule has 2 saturated heterocycles. The van der Waals surface area contributed by atoms with Crippen LogP contribution in [-0.2, 0) is 17.9 Å². The van der Waals surface area contributed by atoms with Gasteiger partial charge in [-0.2, -0.15) is 0 Å². The summed E-state index contributed by atoms with van der Waals surface area (Å²) in [7, 11) is 4.89. The molecule has 39 heavy (non-hydrogen) atoms. The molecule has 9 nitrogen and oxygen atoms in total. The van der Waals surface area contributed by atoms with Crippen molar-refractivity contribution in [2.45, 2.75) is 31.5 Å². The van der Waals surface area contributed by atoms with Crippen molar-refractivity contribution in [2.75, 3.05) is 47.5 Å². The molecule has 0 radical (unpaired) electrons. The molecule has 0 aromatic heterocycles. The molecule has 3 heterocycles. The highest BCUT2D eigenvalue weighted by Gasteiger charge is 2.57. The van der Waals surface area contributed by atoms with E-state index in [1.54, 1.807) is 26.2 Å². The number of carbonyl (C=O) groups excluding carboxylic acids is 2. The highest BCUT2D eigenvalue weighted by Crippen LogP contribution is 2.39. The Bertz CT molecular complexity index is 1260. The van der Waals surface area contributed by atoms with Crippen LogP contribution in [-0.4, -0.2) is 79.7 Å². The summed E-state index contributed by atoms with van der Waals surface area (Å²) in [5.74, 6) is 2.07. The number of carbonyl (C=O) groups is 2. The van der Waals surface area contributed by atoms with Crippen LogP contribution in [0.5, 0.6) is 17.2 Å². The lowest BCUT2D eigenvalue weighted by molar-refractivity contribution is -0.136. The number of imide groups is 1. The van der Waals surface area contributed by atoms with E-state index >= 15 is 0 Å². The summed E-state index contributed by atoms with van der Waals surface area (Å²) in [5.41, 5.74) is 2.00. The number of dihydropyridines is 1. The molecule has 9 heteroatoms. The van der Waals surface area contributed by atoms with Crippen molar-refractivity contribution in [2.24, 2.45) is 0 Å². The molecule has 1 spiro atoms. The molecule has 3 aliphatic rings. The molecule has 0 atom stereocenters. The number of likely N-dealkylation sites (tertiary alicyclic amines) is 1. The fraction of sp³-hybridized carbons (Fsp3) is 0.400. The fourth-order valence-electron chi connectivity index (χ4n) is 5.65. The molecular weight excluding hydrogens is 496 g/mol. The van der Waals surface area contributed by atoms with Crippen molar-refractivity contribution in [1.82, 2.24) is 20.0 Å². The van der Waals surface area contributed by atoms with Gasteiger partial charge in [-0.05, 0) is 54.3 Å². The minimum Gasteiger partial charge on any atom is -0.497 e. The second-order valence-electron chi connectivity index (χ2n) is 10.1. The summed E-state index contributed by atoms with van der Waals surface area (Å²) in [6.45, 7) is 3.38. The molecule has 0 bridgehead atoms. The number of nitrogens with zero attached hydrogens (tertiary/aromatic N) is 3. The summed E-state index contributed by atoms with van der Waals surface area (Å²) < 4.78 is 16.2. The van der Waals surface area contributed by atoms with Gasteiger partial charge < -0.3 is 24.4 Å². The van der Waals surface area contributed by atoms with E-state index in [0.717, 1.165) is 28.3 Å². The van der Waals surface area contributed by atoms with E-state index in [1.165, 1.54) is 4.90 Å². The number of rotatable bonds is 9. The maximum Gasteiger partial charge on any atom is 0.328 e. The molecule has 0 unspecified atom stereocenters.